The highest BCUT2D eigenvalue weighted by molar-refractivity contribution is 4.95. The van der Waals surface area contributed by atoms with Crippen LogP contribution in [0.3, 0.4) is 0 Å². The lowest BCUT2D eigenvalue weighted by molar-refractivity contribution is 0.194. The monoisotopic (exact) mass is 167 g/mol. The molecule has 1 unspecified atom stereocenters. The Morgan fingerprint density at radius 3 is 3.00 bits per heavy atom. The molecule has 66 valence electrons. The molecule has 0 bridgehead atoms. The third kappa shape index (κ3) is 1.64. The third-order valence-electron chi connectivity index (χ3n) is 2.13. The lowest BCUT2D eigenvalue weighted by atomic mass is 10.3. The van der Waals surface area contributed by atoms with Crippen LogP contribution in [0.2, 0.25) is 0 Å². The molecule has 1 saturated carbocycles. The quantitative estimate of drug-likeness (QED) is 0.722. The maximum Gasteiger partial charge on any atom is 0.111 e. The van der Waals surface area contributed by atoms with Crippen LogP contribution in [0, 0.1) is 5.92 Å². The van der Waals surface area contributed by atoms with Gasteiger partial charge in [-0.3, -0.25) is 4.68 Å². The first-order valence-corrected chi connectivity index (χ1v) is 4.34. The van der Waals surface area contributed by atoms with Crippen molar-refractivity contribution >= 4 is 0 Å². The van der Waals surface area contributed by atoms with Gasteiger partial charge in [0.1, 0.15) is 5.69 Å². The molecular formula is C8H13N3O. The molecule has 2 rings (SSSR count). The summed E-state index contributed by atoms with van der Waals surface area (Å²) in [6, 6.07) is 0. The molecule has 1 atom stereocenters. The smallest absolute Gasteiger partial charge is 0.111 e. The highest BCUT2D eigenvalue weighted by Gasteiger charge is 2.22. The fourth-order valence-corrected chi connectivity index (χ4v) is 1.16. The summed E-state index contributed by atoms with van der Waals surface area (Å²) in [6.07, 6.45) is 3.94. The standard InChI is InChI=1S/C8H13N3O/c1-6(12)8-5-11(10-9-8)4-7-2-3-7/h5-7,12H,2-4H2,1H3. The van der Waals surface area contributed by atoms with Crippen LogP contribution >= 0.6 is 0 Å². The van der Waals surface area contributed by atoms with Crippen LogP contribution in [0.5, 0.6) is 0 Å². The summed E-state index contributed by atoms with van der Waals surface area (Å²) >= 11 is 0. The van der Waals surface area contributed by atoms with E-state index >= 15 is 0 Å². The largest absolute Gasteiger partial charge is 0.387 e. The molecule has 1 heterocycles. The number of aliphatic hydroxyl groups is 1. The molecule has 1 N–H and O–H groups in total. The first-order chi connectivity index (χ1) is 5.75. The summed E-state index contributed by atoms with van der Waals surface area (Å²) in [6.45, 7) is 2.66. The van der Waals surface area contributed by atoms with E-state index in [1.807, 2.05) is 10.9 Å². The lowest BCUT2D eigenvalue weighted by Gasteiger charge is -1.96. The average Bonchev–Trinajstić information content (AvgIpc) is 2.66. The van der Waals surface area contributed by atoms with Crippen molar-refractivity contribution in [2.24, 2.45) is 5.92 Å². The minimum atomic E-state index is -0.502. The molecule has 1 fully saturated rings. The van der Waals surface area contributed by atoms with Crippen LogP contribution in [0.1, 0.15) is 31.6 Å². The van der Waals surface area contributed by atoms with Gasteiger partial charge in [0.2, 0.25) is 0 Å². The van der Waals surface area contributed by atoms with E-state index in [4.69, 9.17) is 0 Å². The predicted molar refractivity (Wildman–Crippen MR) is 43.4 cm³/mol. The van der Waals surface area contributed by atoms with Crippen molar-refractivity contribution in [3.63, 3.8) is 0 Å². The van der Waals surface area contributed by atoms with Gasteiger partial charge in [0.25, 0.3) is 0 Å². The number of aliphatic hydroxyl groups excluding tert-OH is 1. The van der Waals surface area contributed by atoms with E-state index in [1.165, 1.54) is 12.8 Å². The second-order valence-electron chi connectivity index (χ2n) is 3.48. The van der Waals surface area contributed by atoms with E-state index in [2.05, 4.69) is 10.3 Å². The molecule has 12 heavy (non-hydrogen) atoms. The first-order valence-electron chi connectivity index (χ1n) is 4.34. The fraction of sp³-hybridized carbons (Fsp3) is 0.750. The van der Waals surface area contributed by atoms with Gasteiger partial charge < -0.3 is 5.11 Å². The molecule has 0 spiro atoms. The molecule has 0 radical (unpaired) electrons. The number of rotatable bonds is 3. The minimum Gasteiger partial charge on any atom is -0.387 e. The summed E-state index contributed by atoms with van der Waals surface area (Å²) in [7, 11) is 0. The summed E-state index contributed by atoms with van der Waals surface area (Å²) in [5.41, 5.74) is 0.663. The van der Waals surface area contributed by atoms with Gasteiger partial charge in [0, 0.05) is 6.54 Å². The van der Waals surface area contributed by atoms with Gasteiger partial charge in [-0.05, 0) is 25.7 Å². The first kappa shape index (κ1) is 7.73. The second-order valence-corrected chi connectivity index (χ2v) is 3.48. The van der Waals surface area contributed by atoms with Gasteiger partial charge in [-0.1, -0.05) is 5.21 Å². The van der Waals surface area contributed by atoms with E-state index in [1.54, 1.807) is 6.92 Å². The molecule has 0 saturated heterocycles. The van der Waals surface area contributed by atoms with Crippen LogP contribution in [0.4, 0.5) is 0 Å². The van der Waals surface area contributed by atoms with Gasteiger partial charge in [-0.2, -0.15) is 0 Å². The maximum absolute atomic E-state index is 9.17. The van der Waals surface area contributed by atoms with E-state index in [0.29, 0.717) is 5.69 Å². The highest BCUT2D eigenvalue weighted by atomic mass is 16.3. The Labute approximate surface area is 71.2 Å². The summed E-state index contributed by atoms with van der Waals surface area (Å²) in [5.74, 6) is 0.800. The number of hydrogen-bond acceptors (Lipinski definition) is 3. The highest BCUT2D eigenvalue weighted by Crippen LogP contribution is 2.30. The Bertz CT molecular complexity index is 265. The van der Waals surface area contributed by atoms with Crippen LogP contribution in [0.25, 0.3) is 0 Å². The average molecular weight is 167 g/mol. The van der Waals surface area contributed by atoms with Crippen LogP contribution in [0.15, 0.2) is 6.20 Å². The van der Waals surface area contributed by atoms with Gasteiger partial charge in [0.15, 0.2) is 0 Å². The van der Waals surface area contributed by atoms with Crippen molar-refractivity contribution in [3.8, 4) is 0 Å². The molecular weight excluding hydrogens is 154 g/mol. The normalized spacial score (nSPS) is 19.5. The van der Waals surface area contributed by atoms with Crippen molar-refractivity contribution < 1.29 is 5.11 Å². The Morgan fingerprint density at radius 2 is 2.50 bits per heavy atom. The van der Waals surface area contributed by atoms with Crippen molar-refractivity contribution in [2.75, 3.05) is 0 Å². The molecule has 1 aromatic rings. The Morgan fingerprint density at radius 1 is 1.75 bits per heavy atom. The van der Waals surface area contributed by atoms with Crippen LogP contribution in [-0.4, -0.2) is 20.1 Å². The molecule has 4 nitrogen and oxygen atoms in total. The van der Waals surface area contributed by atoms with Crippen molar-refractivity contribution in [1.29, 1.82) is 0 Å². The molecule has 0 aromatic carbocycles. The molecule has 4 heteroatoms. The van der Waals surface area contributed by atoms with E-state index in [0.717, 1.165) is 12.5 Å². The molecule has 1 aliphatic rings. The Balaban J connectivity index is 2.02. The van der Waals surface area contributed by atoms with E-state index < -0.39 is 6.10 Å². The maximum atomic E-state index is 9.17. The predicted octanol–water partition coefficient (Wildman–Crippen LogP) is 0.741. The number of aromatic nitrogens is 3. The third-order valence-corrected chi connectivity index (χ3v) is 2.13. The fourth-order valence-electron chi connectivity index (χ4n) is 1.16. The van der Waals surface area contributed by atoms with Gasteiger partial charge in [0.05, 0.1) is 12.3 Å². The molecule has 0 amide bonds. The molecule has 1 aliphatic carbocycles. The number of hydrogen-bond donors (Lipinski definition) is 1. The topological polar surface area (TPSA) is 50.9 Å². The zero-order chi connectivity index (χ0) is 8.55. The van der Waals surface area contributed by atoms with Crippen molar-refractivity contribution in [2.45, 2.75) is 32.4 Å². The summed E-state index contributed by atoms with van der Waals surface area (Å²) in [5, 5.41) is 17.0. The van der Waals surface area contributed by atoms with Gasteiger partial charge in [-0.15, -0.1) is 5.10 Å². The number of nitrogens with zero attached hydrogens (tertiary/aromatic N) is 3. The summed E-state index contributed by atoms with van der Waals surface area (Å²) < 4.78 is 1.82. The lowest BCUT2D eigenvalue weighted by Crippen LogP contribution is -1.99. The SMILES string of the molecule is CC(O)c1cn(CC2CC2)nn1. The van der Waals surface area contributed by atoms with Crippen molar-refractivity contribution in [3.05, 3.63) is 11.9 Å². The minimum absolute atomic E-state index is 0.502. The van der Waals surface area contributed by atoms with E-state index in [9.17, 15) is 5.11 Å². The Hall–Kier alpha value is -0.900. The molecule has 1 aromatic heterocycles. The zero-order valence-electron chi connectivity index (χ0n) is 7.14. The summed E-state index contributed by atoms with van der Waals surface area (Å²) in [4.78, 5) is 0. The molecule has 0 aliphatic heterocycles. The van der Waals surface area contributed by atoms with Crippen LogP contribution < -0.4 is 0 Å². The zero-order valence-corrected chi connectivity index (χ0v) is 7.14. The second kappa shape index (κ2) is 2.86. The van der Waals surface area contributed by atoms with Gasteiger partial charge in [-0.25, -0.2) is 0 Å². The van der Waals surface area contributed by atoms with Gasteiger partial charge >= 0.3 is 0 Å². The van der Waals surface area contributed by atoms with Crippen molar-refractivity contribution in [1.82, 2.24) is 15.0 Å². The van der Waals surface area contributed by atoms with E-state index in [-0.39, 0.29) is 0 Å². The Kier molecular flexibility index (Phi) is 1.84. The van der Waals surface area contributed by atoms with Crippen LogP contribution in [-0.2, 0) is 6.54 Å².